The van der Waals surface area contributed by atoms with E-state index in [1.165, 1.54) is 68.1 Å². The standard InChI is InChI=1S/C37H50N2O2/c1-37(21-13-16-30-14-7-6-8-15-30,33-17-19-35(40)31(26-33)28-38-22-9-2-3-10-23-38)34-18-20-36(41)32(27-34)29-39-24-11-4-5-12-25-39/h6-8,14-15,17-20,26-27,40-41H,2-5,9-13,16,21-25,28-29H2,1H3. The molecule has 0 radical (unpaired) electrons. The quantitative estimate of drug-likeness (QED) is 0.265. The summed E-state index contributed by atoms with van der Waals surface area (Å²) in [6, 6.07) is 23.4. The molecule has 5 rings (SSSR count). The lowest BCUT2D eigenvalue weighted by Crippen LogP contribution is -2.27. The van der Waals surface area contributed by atoms with Crippen molar-refractivity contribution in [1.82, 2.24) is 9.80 Å². The summed E-state index contributed by atoms with van der Waals surface area (Å²) in [4.78, 5) is 5.02. The molecule has 0 unspecified atom stereocenters. The Bertz CT molecular complexity index is 1150. The Morgan fingerprint density at radius 1 is 0.610 bits per heavy atom. The molecule has 2 aliphatic rings. The molecule has 0 spiro atoms. The lowest BCUT2D eigenvalue weighted by Gasteiger charge is -2.33. The first kappa shape index (κ1) is 29.7. The van der Waals surface area contributed by atoms with Crippen molar-refractivity contribution in [3.8, 4) is 11.5 Å². The third-order valence-electron chi connectivity index (χ3n) is 9.60. The fourth-order valence-electron chi connectivity index (χ4n) is 6.93. The molecular weight excluding hydrogens is 504 g/mol. The van der Waals surface area contributed by atoms with Crippen molar-refractivity contribution < 1.29 is 10.2 Å². The smallest absolute Gasteiger partial charge is 0.120 e. The van der Waals surface area contributed by atoms with Gasteiger partial charge in [0.15, 0.2) is 0 Å². The summed E-state index contributed by atoms with van der Waals surface area (Å²) < 4.78 is 0. The van der Waals surface area contributed by atoms with Gasteiger partial charge in [0.1, 0.15) is 11.5 Å². The molecule has 220 valence electrons. The molecule has 0 atom stereocenters. The minimum Gasteiger partial charge on any atom is -0.508 e. The van der Waals surface area contributed by atoms with Gasteiger partial charge in [-0.05, 0) is 112 Å². The molecule has 4 nitrogen and oxygen atoms in total. The van der Waals surface area contributed by atoms with Crippen LogP contribution in [0.4, 0.5) is 0 Å². The molecule has 0 amide bonds. The first-order valence-electron chi connectivity index (χ1n) is 16.1. The average Bonchev–Trinajstić information content (AvgIpc) is 3.41. The largest absolute Gasteiger partial charge is 0.508 e. The highest BCUT2D eigenvalue weighted by molar-refractivity contribution is 5.47. The maximum atomic E-state index is 10.9. The topological polar surface area (TPSA) is 46.9 Å². The van der Waals surface area contributed by atoms with Crippen LogP contribution in [0.1, 0.15) is 98.9 Å². The number of rotatable bonds is 10. The van der Waals surface area contributed by atoms with Gasteiger partial charge in [-0.2, -0.15) is 0 Å². The van der Waals surface area contributed by atoms with Crippen molar-refractivity contribution in [2.45, 2.75) is 96.1 Å². The molecule has 4 heteroatoms. The number of likely N-dealkylation sites (tertiary alicyclic amines) is 2. The number of nitrogens with zero attached hydrogens (tertiary/aromatic N) is 2. The molecule has 0 saturated carbocycles. The summed E-state index contributed by atoms with van der Waals surface area (Å²) in [5.41, 5.74) is 5.69. The molecular formula is C37H50N2O2. The highest BCUT2D eigenvalue weighted by Gasteiger charge is 2.30. The van der Waals surface area contributed by atoms with E-state index in [4.69, 9.17) is 0 Å². The maximum Gasteiger partial charge on any atom is 0.120 e. The third kappa shape index (κ3) is 7.93. The zero-order valence-electron chi connectivity index (χ0n) is 25.2. The molecule has 3 aromatic rings. The number of hydrogen-bond acceptors (Lipinski definition) is 4. The van der Waals surface area contributed by atoms with E-state index in [9.17, 15) is 10.2 Å². The van der Waals surface area contributed by atoms with E-state index in [1.807, 2.05) is 12.1 Å². The van der Waals surface area contributed by atoms with Gasteiger partial charge in [0, 0.05) is 29.6 Å². The van der Waals surface area contributed by atoms with Gasteiger partial charge < -0.3 is 10.2 Å². The average molecular weight is 555 g/mol. The monoisotopic (exact) mass is 554 g/mol. The molecule has 0 bridgehead atoms. The molecule has 2 saturated heterocycles. The number of benzene rings is 3. The van der Waals surface area contributed by atoms with Crippen molar-refractivity contribution in [2.24, 2.45) is 0 Å². The summed E-state index contributed by atoms with van der Waals surface area (Å²) >= 11 is 0. The summed E-state index contributed by atoms with van der Waals surface area (Å²) in [5.74, 6) is 0.800. The number of hydrogen-bond donors (Lipinski definition) is 2. The number of phenolic OH excluding ortho intramolecular Hbond substituents is 2. The van der Waals surface area contributed by atoms with E-state index in [2.05, 4.69) is 71.3 Å². The Morgan fingerprint density at radius 2 is 1.07 bits per heavy atom. The van der Waals surface area contributed by atoms with Crippen LogP contribution in [0.3, 0.4) is 0 Å². The first-order valence-corrected chi connectivity index (χ1v) is 16.1. The van der Waals surface area contributed by atoms with Gasteiger partial charge in [-0.1, -0.05) is 75.1 Å². The lowest BCUT2D eigenvalue weighted by molar-refractivity contribution is 0.272. The van der Waals surface area contributed by atoms with Gasteiger partial charge in [-0.25, -0.2) is 0 Å². The van der Waals surface area contributed by atoms with Crippen LogP contribution in [0.25, 0.3) is 0 Å². The predicted molar refractivity (Wildman–Crippen MR) is 170 cm³/mol. The summed E-state index contributed by atoms with van der Waals surface area (Å²) in [7, 11) is 0. The van der Waals surface area contributed by atoms with E-state index < -0.39 is 0 Å². The van der Waals surface area contributed by atoms with Crippen LogP contribution in [0, 0.1) is 0 Å². The van der Waals surface area contributed by atoms with Crippen molar-refractivity contribution >= 4 is 0 Å². The SMILES string of the molecule is CC(CCCc1ccccc1)(c1ccc(O)c(CN2CCCCCC2)c1)c1ccc(O)c(CN2CCCCCC2)c1. The van der Waals surface area contributed by atoms with Crippen LogP contribution < -0.4 is 0 Å². The summed E-state index contributed by atoms with van der Waals surface area (Å²) in [5, 5.41) is 21.8. The Hall–Kier alpha value is -2.82. The van der Waals surface area contributed by atoms with Crippen LogP contribution in [0.5, 0.6) is 11.5 Å². The number of phenols is 2. The van der Waals surface area contributed by atoms with E-state index in [-0.39, 0.29) is 5.41 Å². The Morgan fingerprint density at radius 3 is 1.54 bits per heavy atom. The van der Waals surface area contributed by atoms with Crippen molar-refractivity contribution in [1.29, 1.82) is 0 Å². The molecule has 0 aromatic heterocycles. The fraction of sp³-hybridized carbons (Fsp3) is 0.514. The van der Waals surface area contributed by atoms with Crippen molar-refractivity contribution in [3.63, 3.8) is 0 Å². The second kappa shape index (κ2) is 14.4. The molecule has 3 aromatic carbocycles. The van der Waals surface area contributed by atoms with Crippen LogP contribution >= 0.6 is 0 Å². The fourth-order valence-corrected chi connectivity index (χ4v) is 6.93. The van der Waals surface area contributed by atoms with Crippen molar-refractivity contribution in [3.05, 3.63) is 94.5 Å². The minimum atomic E-state index is -0.239. The molecule has 2 aliphatic heterocycles. The van der Waals surface area contributed by atoms with E-state index in [1.54, 1.807) is 0 Å². The Balaban J connectivity index is 1.45. The third-order valence-corrected chi connectivity index (χ3v) is 9.60. The van der Waals surface area contributed by atoms with Gasteiger partial charge in [0.25, 0.3) is 0 Å². The zero-order valence-corrected chi connectivity index (χ0v) is 25.2. The zero-order chi connectivity index (χ0) is 28.5. The van der Waals surface area contributed by atoms with Crippen molar-refractivity contribution in [2.75, 3.05) is 26.2 Å². The second-order valence-electron chi connectivity index (χ2n) is 12.7. The molecule has 41 heavy (non-hydrogen) atoms. The van der Waals surface area contributed by atoms with Crippen LogP contribution in [0.2, 0.25) is 0 Å². The molecule has 0 aliphatic carbocycles. The van der Waals surface area contributed by atoms with E-state index >= 15 is 0 Å². The molecule has 2 N–H and O–H groups in total. The van der Waals surface area contributed by atoms with E-state index in [0.29, 0.717) is 11.5 Å². The molecule has 2 fully saturated rings. The summed E-state index contributed by atoms with van der Waals surface area (Å²) in [6.45, 7) is 8.39. The highest BCUT2D eigenvalue weighted by atomic mass is 16.3. The predicted octanol–water partition coefficient (Wildman–Crippen LogP) is 8.18. The normalized spacial score (nSPS) is 17.7. The van der Waals surface area contributed by atoms with Gasteiger partial charge in [0.2, 0.25) is 0 Å². The van der Waals surface area contributed by atoms with Gasteiger partial charge in [-0.15, -0.1) is 0 Å². The number of aromatic hydroxyl groups is 2. The van der Waals surface area contributed by atoms with Gasteiger partial charge in [-0.3, -0.25) is 9.80 Å². The second-order valence-corrected chi connectivity index (χ2v) is 12.7. The highest BCUT2D eigenvalue weighted by Crippen LogP contribution is 2.40. The van der Waals surface area contributed by atoms with E-state index in [0.717, 1.165) is 69.7 Å². The van der Waals surface area contributed by atoms with Crippen LogP contribution in [-0.4, -0.2) is 46.2 Å². The Labute approximate surface area is 248 Å². The minimum absolute atomic E-state index is 0.239. The van der Waals surface area contributed by atoms with Gasteiger partial charge in [0.05, 0.1) is 0 Å². The van der Waals surface area contributed by atoms with Crippen LogP contribution in [-0.2, 0) is 24.9 Å². The lowest BCUT2D eigenvalue weighted by atomic mass is 9.71. The molecule has 2 heterocycles. The van der Waals surface area contributed by atoms with Gasteiger partial charge >= 0.3 is 0 Å². The first-order chi connectivity index (χ1) is 20.0. The Kier molecular flexibility index (Phi) is 10.4. The summed E-state index contributed by atoms with van der Waals surface area (Å²) in [6.07, 6.45) is 13.3. The number of aryl methyl sites for hydroxylation is 1. The maximum absolute atomic E-state index is 10.9. The van der Waals surface area contributed by atoms with Crippen LogP contribution in [0.15, 0.2) is 66.7 Å².